The number of nitro benzene ring substituents is 1. The maximum atomic E-state index is 12.7. The van der Waals surface area contributed by atoms with Crippen LogP contribution in [0.25, 0.3) is 16.9 Å². The van der Waals surface area contributed by atoms with Crippen molar-refractivity contribution in [2.24, 2.45) is 0 Å². The summed E-state index contributed by atoms with van der Waals surface area (Å²) in [5.41, 5.74) is 2.73. The molecule has 2 aromatic carbocycles. The number of hydrogen-bond acceptors (Lipinski definition) is 9. The second-order valence-corrected chi connectivity index (χ2v) is 8.67. The van der Waals surface area contributed by atoms with Crippen molar-refractivity contribution < 1.29 is 9.66 Å². The number of fused-ring (bicyclic) bond motifs is 1. The van der Waals surface area contributed by atoms with Gasteiger partial charge in [-0.2, -0.15) is 4.98 Å². The number of hydrogen-bond donors (Lipinski definition) is 2. The summed E-state index contributed by atoms with van der Waals surface area (Å²) in [6.07, 6.45) is 1.51. The number of likely N-dealkylation sites (N-methyl/N-ethyl adjacent to an activating group) is 2. The number of anilines is 3. The van der Waals surface area contributed by atoms with Gasteiger partial charge in [-0.05, 0) is 38.7 Å². The third-order valence-corrected chi connectivity index (χ3v) is 5.74. The van der Waals surface area contributed by atoms with Crippen LogP contribution in [0.1, 0.15) is 5.56 Å². The molecule has 4 aromatic rings. The Morgan fingerprint density at radius 1 is 1.17 bits per heavy atom. The molecular formula is C24H28N8O4. The molecule has 0 aliphatic heterocycles. The molecule has 0 unspecified atom stereocenters. The minimum absolute atomic E-state index is 0.0843. The highest BCUT2D eigenvalue weighted by atomic mass is 16.6. The van der Waals surface area contributed by atoms with Gasteiger partial charge in [0, 0.05) is 44.5 Å². The van der Waals surface area contributed by atoms with E-state index < -0.39 is 4.92 Å². The van der Waals surface area contributed by atoms with E-state index in [9.17, 15) is 14.9 Å². The smallest absolute Gasteiger partial charge is 0.332 e. The van der Waals surface area contributed by atoms with Crippen LogP contribution in [0.2, 0.25) is 0 Å². The van der Waals surface area contributed by atoms with E-state index in [0.717, 1.165) is 12.1 Å². The number of aromatic nitrogens is 4. The number of nitrogens with zero attached hydrogens (tertiary/aromatic N) is 6. The van der Waals surface area contributed by atoms with Gasteiger partial charge >= 0.3 is 5.69 Å². The Balaban J connectivity index is 1.71. The third kappa shape index (κ3) is 4.98. The quantitative estimate of drug-likeness (QED) is 0.267. The van der Waals surface area contributed by atoms with Crippen LogP contribution < -0.4 is 20.6 Å². The molecule has 2 N–H and O–H groups in total. The molecule has 188 valence electrons. The summed E-state index contributed by atoms with van der Waals surface area (Å²) in [5.74, 6) is 0.893. The van der Waals surface area contributed by atoms with Crippen molar-refractivity contribution in [2.45, 2.75) is 6.92 Å². The highest BCUT2D eigenvalue weighted by molar-refractivity contribution is 5.78. The van der Waals surface area contributed by atoms with Crippen molar-refractivity contribution >= 4 is 34.0 Å². The van der Waals surface area contributed by atoms with Crippen LogP contribution in [-0.4, -0.2) is 70.7 Å². The number of aromatic amines is 1. The molecule has 0 saturated carbocycles. The number of nitrogens with one attached hydrogen (secondary N) is 2. The highest BCUT2D eigenvalue weighted by Gasteiger charge is 2.22. The van der Waals surface area contributed by atoms with E-state index in [1.54, 1.807) is 19.2 Å². The first-order valence-electron chi connectivity index (χ1n) is 11.2. The van der Waals surface area contributed by atoms with E-state index in [1.807, 2.05) is 49.0 Å². The molecule has 12 heteroatoms. The summed E-state index contributed by atoms with van der Waals surface area (Å²) in [6.45, 7) is 3.26. The summed E-state index contributed by atoms with van der Waals surface area (Å²) < 4.78 is 6.97. The molecule has 0 bridgehead atoms. The lowest BCUT2D eigenvalue weighted by molar-refractivity contribution is -0.384. The molecule has 0 saturated heterocycles. The Morgan fingerprint density at radius 3 is 2.64 bits per heavy atom. The van der Waals surface area contributed by atoms with Gasteiger partial charge in [0.2, 0.25) is 5.95 Å². The molecule has 2 heterocycles. The molecule has 2 aromatic heterocycles. The average molecular weight is 493 g/mol. The average Bonchev–Trinajstić information content (AvgIpc) is 3.16. The monoisotopic (exact) mass is 492 g/mol. The fourth-order valence-corrected chi connectivity index (χ4v) is 3.85. The number of methoxy groups -OCH3 is 1. The number of nitro groups is 1. The van der Waals surface area contributed by atoms with Gasteiger partial charge in [-0.15, -0.1) is 0 Å². The van der Waals surface area contributed by atoms with Crippen molar-refractivity contribution in [3.8, 4) is 11.6 Å². The molecule has 36 heavy (non-hydrogen) atoms. The minimum atomic E-state index is -0.434. The second kappa shape index (κ2) is 10.0. The Bertz CT molecular complexity index is 1480. The summed E-state index contributed by atoms with van der Waals surface area (Å²) in [5, 5.41) is 14.9. The Morgan fingerprint density at radius 2 is 1.94 bits per heavy atom. The standard InChI is InChI=1S/C24H28N8O4/c1-15-6-7-18-16(12-15)27-24(33)31(18)22-8-9-25-23(28-22)26-17-13-20(32(34)35)19(14-21(17)36-5)30(4)11-10-29(2)3/h6-9,12-14H,10-11H2,1-5H3,(H,27,33)(H,25,26,28). The van der Waals surface area contributed by atoms with Gasteiger partial charge < -0.3 is 24.8 Å². The Kier molecular flexibility index (Phi) is 6.88. The van der Waals surface area contributed by atoms with Gasteiger partial charge in [-0.25, -0.2) is 14.3 Å². The van der Waals surface area contributed by atoms with Crippen LogP contribution in [0.15, 0.2) is 47.4 Å². The van der Waals surface area contributed by atoms with Crippen molar-refractivity contribution in [3.63, 3.8) is 0 Å². The van der Waals surface area contributed by atoms with Crippen LogP contribution in [-0.2, 0) is 0 Å². The highest BCUT2D eigenvalue weighted by Crippen LogP contribution is 2.38. The fraction of sp³-hybridized carbons (Fsp3) is 0.292. The van der Waals surface area contributed by atoms with Crippen molar-refractivity contribution in [3.05, 3.63) is 68.8 Å². The number of ether oxygens (including phenoxy) is 1. The third-order valence-electron chi connectivity index (χ3n) is 5.74. The van der Waals surface area contributed by atoms with E-state index in [-0.39, 0.29) is 17.3 Å². The first kappa shape index (κ1) is 24.7. The van der Waals surface area contributed by atoms with Gasteiger partial charge in [0.15, 0.2) is 0 Å². The SMILES string of the molecule is COc1cc(N(C)CCN(C)C)c([N+](=O)[O-])cc1Nc1nccc(-n2c(=O)[nH]c3cc(C)ccc32)n1. The second-order valence-electron chi connectivity index (χ2n) is 8.67. The fourth-order valence-electron chi connectivity index (χ4n) is 3.85. The summed E-state index contributed by atoms with van der Waals surface area (Å²) >= 11 is 0. The number of H-pyrrole nitrogens is 1. The number of imidazole rings is 1. The molecule has 0 aliphatic carbocycles. The molecule has 0 radical (unpaired) electrons. The summed E-state index contributed by atoms with van der Waals surface area (Å²) in [7, 11) is 7.16. The molecule has 12 nitrogen and oxygen atoms in total. The van der Waals surface area contributed by atoms with E-state index in [1.165, 1.54) is 23.9 Å². The predicted molar refractivity (Wildman–Crippen MR) is 139 cm³/mol. The van der Waals surface area contributed by atoms with Gasteiger partial charge in [-0.1, -0.05) is 6.07 Å². The van der Waals surface area contributed by atoms with Crippen molar-refractivity contribution in [1.82, 2.24) is 24.4 Å². The zero-order valence-electron chi connectivity index (χ0n) is 20.8. The number of rotatable bonds is 9. The molecule has 0 spiro atoms. The van der Waals surface area contributed by atoms with Crippen molar-refractivity contribution in [1.29, 1.82) is 0 Å². The first-order valence-corrected chi connectivity index (χ1v) is 11.2. The molecule has 0 amide bonds. The van der Waals surface area contributed by atoms with Crippen LogP contribution in [0.4, 0.5) is 23.0 Å². The molecule has 0 aliphatic rings. The van der Waals surface area contributed by atoms with E-state index in [4.69, 9.17) is 4.74 Å². The Labute approximate surface area is 207 Å². The van der Waals surface area contributed by atoms with Gasteiger partial charge in [0.1, 0.15) is 17.3 Å². The zero-order chi connectivity index (χ0) is 26.0. The number of benzene rings is 2. The Hall–Kier alpha value is -4.45. The summed E-state index contributed by atoms with van der Waals surface area (Å²) in [6, 6.07) is 10.3. The minimum Gasteiger partial charge on any atom is -0.494 e. The lowest BCUT2D eigenvalue weighted by atomic mass is 10.2. The summed E-state index contributed by atoms with van der Waals surface area (Å²) in [4.78, 5) is 39.5. The zero-order valence-corrected chi connectivity index (χ0v) is 20.8. The molecule has 4 rings (SSSR count). The largest absolute Gasteiger partial charge is 0.494 e. The van der Waals surface area contributed by atoms with Crippen molar-refractivity contribution in [2.75, 3.05) is 51.6 Å². The lowest BCUT2D eigenvalue weighted by Crippen LogP contribution is -2.29. The van der Waals surface area contributed by atoms with Crippen LogP contribution >= 0.6 is 0 Å². The molecular weight excluding hydrogens is 464 g/mol. The first-order chi connectivity index (χ1) is 17.2. The van der Waals surface area contributed by atoms with Crippen LogP contribution in [0.5, 0.6) is 5.75 Å². The lowest BCUT2D eigenvalue weighted by Gasteiger charge is -2.22. The van der Waals surface area contributed by atoms with E-state index >= 15 is 0 Å². The van der Waals surface area contributed by atoms with Crippen LogP contribution in [0.3, 0.4) is 0 Å². The topological polar surface area (TPSA) is 134 Å². The molecule has 0 atom stereocenters. The van der Waals surface area contributed by atoms with E-state index in [0.29, 0.717) is 40.5 Å². The predicted octanol–water partition coefficient (Wildman–Crippen LogP) is 3.08. The van der Waals surface area contributed by atoms with Gasteiger partial charge in [-0.3, -0.25) is 10.1 Å². The maximum Gasteiger partial charge on any atom is 0.332 e. The normalized spacial score (nSPS) is 11.2. The van der Waals surface area contributed by atoms with E-state index in [2.05, 4.69) is 20.3 Å². The molecule has 0 fully saturated rings. The van der Waals surface area contributed by atoms with Gasteiger partial charge in [0.05, 0.1) is 28.8 Å². The maximum absolute atomic E-state index is 12.7. The van der Waals surface area contributed by atoms with Crippen LogP contribution in [0, 0.1) is 17.0 Å². The number of aryl methyl sites for hydroxylation is 1. The van der Waals surface area contributed by atoms with Gasteiger partial charge in [0.25, 0.3) is 5.69 Å².